The number of benzene rings is 1. The molecule has 86 valence electrons. The third kappa shape index (κ3) is 2.29. The van der Waals surface area contributed by atoms with Gasteiger partial charge in [-0.1, -0.05) is 12.1 Å². The minimum absolute atomic E-state index is 0.0121. The fraction of sp³-hybridized carbons (Fsp3) is 0.364. The van der Waals surface area contributed by atoms with E-state index in [0.29, 0.717) is 6.42 Å². The summed E-state index contributed by atoms with van der Waals surface area (Å²) >= 11 is 0. The zero-order chi connectivity index (χ0) is 11.7. The van der Waals surface area contributed by atoms with Crippen LogP contribution >= 0.6 is 0 Å². The topological polar surface area (TPSA) is 46.5 Å². The predicted octanol–water partition coefficient (Wildman–Crippen LogP) is 2.48. The normalized spacial score (nSPS) is 23.2. The number of aliphatic carboxylic acids is 1. The molecule has 2 atom stereocenters. The maximum absolute atomic E-state index is 11.9. The fourth-order valence-corrected chi connectivity index (χ4v) is 1.73. The molecule has 0 spiro atoms. The summed E-state index contributed by atoms with van der Waals surface area (Å²) in [4.78, 5) is 10.6. The van der Waals surface area contributed by atoms with Crippen molar-refractivity contribution >= 4 is 5.97 Å². The van der Waals surface area contributed by atoms with Gasteiger partial charge >= 0.3 is 12.6 Å². The Morgan fingerprint density at radius 1 is 1.38 bits per heavy atom. The molecule has 3 nitrogen and oxygen atoms in total. The molecule has 16 heavy (non-hydrogen) atoms. The smallest absolute Gasteiger partial charge is 0.387 e. The molecule has 2 rings (SSSR count). The van der Waals surface area contributed by atoms with Crippen LogP contribution in [0.15, 0.2) is 24.3 Å². The highest BCUT2D eigenvalue weighted by Crippen LogP contribution is 2.47. The van der Waals surface area contributed by atoms with Crippen molar-refractivity contribution in [1.82, 2.24) is 0 Å². The van der Waals surface area contributed by atoms with Crippen LogP contribution in [-0.4, -0.2) is 17.7 Å². The summed E-state index contributed by atoms with van der Waals surface area (Å²) in [5.74, 6) is -1.04. The second-order valence-corrected chi connectivity index (χ2v) is 3.73. The first-order chi connectivity index (χ1) is 7.58. The Balaban J connectivity index is 2.01. The molecule has 0 unspecified atom stereocenters. The van der Waals surface area contributed by atoms with E-state index in [9.17, 15) is 13.6 Å². The van der Waals surface area contributed by atoms with Crippen molar-refractivity contribution in [2.24, 2.45) is 5.92 Å². The molecule has 1 saturated carbocycles. The Hall–Kier alpha value is -1.65. The summed E-state index contributed by atoms with van der Waals surface area (Å²) < 4.78 is 27.9. The van der Waals surface area contributed by atoms with Crippen molar-refractivity contribution in [1.29, 1.82) is 0 Å². The zero-order valence-electron chi connectivity index (χ0n) is 8.27. The highest BCUT2D eigenvalue weighted by atomic mass is 19.3. The first kappa shape index (κ1) is 10.9. The number of hydrogen-bond acceptors (Lipinski definition) is 2. The Morgan fingerprint density at radius 3 is 2.44 bits per heavy atom. The van der Waals surface area contributed by atoms with Crippen molar-refractivity contribution in [2.45, 2.75) is 19.0 Å². The van der Waals surface area contributed by atoms with E-state index < -0.39 is 12.6 Å². The maximum atomic E-state index is 11.9. The summed E-state index contributed by atoms with van der Waals surface area (Å²) in [6.45, 7) is -2.83. The second-order valence-electron chi connectivity index (χ2n) is 3.73. The molecule has 5 heteroatoms. The van der Waals surface area contributed by atoms with E-state index in [1.165, 1.54) is 12.1 Å². The molecule has 0 aromatic heterocycles. The summed E-state index contributed by atoms with van der Waals surface area (Å²) in [5.41, 5.74) is 0.856. The van der Waals surface area contributed by atoms with Crippen LogP contribution in [-0.2, 0) is 4.79 Å². The van der Waals surface area contributed by atoms with Crippen LogP contribution in [0.3, 0.4) is 0 Å². The van der Waals surface area contributed by atoms with Crippen molar-refractivity contribution < 1.29 is 23.4 Å². The van der Waals surface area contributed by atoms with Gasteiger partial charge in [-0.2, -0.15) is 8.78 Å². The number of halogens is 2. The minimum Gasteiger partial charge on any atom is -0.481 e. The lowest BCUT2D eigenvalue weighted by Crippen LogP contribution is -2.02. The van der Waals surface area contributed by atoms with Crippen LogP contribution in [0.4, 0.5) is 8.78 Å². The Bertz CT molecular complexity index is 389. The molecule has 1 aromatic rings. The van der Waals surface area contributed by atoms with Gasteiger partial charge in [0.05, 0.1) is 5.92 Å². The average molecular weight is 228 g/mol. The molecule has 0 radical (unpaired) electrons. The lowest BCUT2D eigenvalue weighted by atomic mass is 10.1. The predicted molar refractivity (Wildman–Crippen MR) is 51.6 cm³/mol. The lowest BCUT2D eigenvalue weighted by Gasteiger charge is -2.05. The summed E-state index contributed by atoms with van der Waals surface area (Å²) in [6, 6.07) is 6.12. The molecule has 1 fully saturated rings. The van der Waals surface area contributed by atoms with Crippen LogP contribution in [0.5, 0.6) is 5.75 Å². The van der Waals surface area contributed by atoms with Gasteiger partial charge < -0.3 is 9.84 Å². The largest absolute Gasteiger partial charge is 0.481 e. The van der Waals surface area contributed by atoms with E-state index in [2.05, 4.69) is 4.74 Å². The van der Waals surface area contributed by atoms with Crippen LogP contribution in [0.1, 0.15) is 17.9 Å². The zero-order valence-corrected chi connectivity index (χ0v) is 8.27. The first-order valence-corrected chi connectivity index (χ1v) is 4.85. The Labute approximate surface area is 90.7 Å². The van der Waals surface area contributed by atoms with Crippen LogP contribution < -0.4 is 4.74 Å². The quantitative estimate of drug-likeness (QED) is 0.861. The second kappa shape index (κ2) is 4.08. The van der Waals surface area contributed by atoms with Crippen LogP contribution in [0.2, 0.25) is 0 Å². The van der Waals surface area contributed by atoms with Gasteiger partial charge in [0.15, 0.2) is 0 Å². The van der Waals surface area contributed by atoms with Crippen LogP contribution in [0.25, 0.3) is 0 Å². The standard InChI is InChI=1S/C11H10F2O3/c12-11(13)16-7-3-1-6(2-4-7)8-5-9(8)10(14)15/h1-4,8-9,11H,5H2,(H,14,15)/t8-,9+/m1/s1. The number of carbonyl (C=O) groups is 1. The fourth-order valence-electron chi connectivity index (χ4n) is 1.73. The van der Waals surface area contributed by atoms with E-state index in [-0.39, 0.29) is 17.6 Å². The third-order valence-corrected chi connectivity index (χ3v) is 2.64. The van der Waals surface area contributed by atoms with Gasteiger partial charge in [-0.05, 0) is 30.0 Å². The van der Waals surface area contributed by atoms with Gasteiger partial charge in [-0.15, -0.1) is 0 Å². The van der Waals surface area contributed by atoms with Gasteiger partial charge in [0, 0.05) is 0 Å². The monoisotopic (exact) mass is 228 g/mol. The first-order valence-electron chi connectivity index (χ1n) is 4.85. The summed E-state index contributed by atoms with van der Waals surface area (Å²) in [6.07, 6.45) is 0.615. The molecule has 1 N–H and O–H groups in total. The van der Waals surface area contributed by atoms with Gasteiger partial charge in [-0.3, -0.25) is 4.79 Å². The number of rotatable bonds is 4. The number of alkyl halides is 2. The number of ether oxygens (including phenoxy) is 1. The molecular formula is C11H10F2O3. The summed E-state index contributed by atoms with van der Waals surface area (Å²) in [5, 5.41) is 8.73. The van der Waals surface area contributed by atoms with E-state index in [1.807, 2.05) is 0 Å². The Morgan fingerprint density at radius 2 is 2.00 bits per heavy atom. The molecule has 0 aliphatic heterocycles. The molecule has 0 saturated heterocycles. The molecule has 0 bridgehead atoms. The van der Waals surface area contributed by atoms with E-state index in [1.54, 1.807) is 12.1 Å². The molecule has 0 amide bonds. The number of carboxylic acids is 1. The van der Waals surface area contributed by atoms with Crippen molar-refractivity contribution in [2.75, 3.05) is 0 Å². The third-order valence-electron chi connectivity index (χ3n) is 2.64. The van der Waals surface area contributed by atoms with E-state index in [4.69, 9.17) is 5.11 Å². The van der Waals surface area contributed by atoms with Crippen molar-refractivity contribution in [3.63, 3.8) is 0 Å². The molecular weight excluding hydrogens is 218 g/mol. The molecule has 1 aliphatic rings. The average Bonchev–Trinajstić information content (AvgIpc) is 2.97. The van der Waals surface area contributed by atoms with Crippen molar-refractivity contribution in [3.05, 3.63) is 29.8 Å². The van der Waals surface area contributed by atoms with Gasteiger partial charge in [0.2, 0.25) is 0 Å². The maximum Gasteiger partial charge on any atom is 0.387 e. The number of hydrogen-bond donors (Lipinski definition) is 1. The minimum atomic E-state index is -2.83. The Kier molecular flexibility index (Phi) is 2.77. The van der Waals surface area contributed by atoms with E-state index in [0.717, 1.165) is 5.56 Å². The summed E-state index contributed by atoms with van der Waals surface area (Å²) in [7, 11) is 0. The highest BCUT2D eigenvalue weighted by Gasteiger charge is 2.44. The van der Waals surface area contributed by atoms with Crippen LogP contribution in [0, 0.1) is 5.92 Å². The molecule has 0 heterocycles. The number of carboxylic acid groups (broad SMARTS) is 1. The van der Waals surface area contributed by atoms with Crippen molar-refractivity contribution in [3.8, 4) is 5.75 Å². The molecule has 1 aromatic carbocycles. The highest BCUT2D eigenvalue weighted by molar-refractivity contribution is 5.75. The van der Waals surface area contributed by atoms with E-state index >= 15 is 0 Å². The van der Waals surface area contributed by atoms with Gasteiger partial charge in [-0.25, -0.2) is 0 Å². The van der Waals surface area contributed by atoms with Gasteiger partial charge in [0.25, 0.3) is 0 Å². The van der Waals surface area contributed by atoms with Gasteiger partial charge in [0.1, 0.15) is 5.75 Å². The molecule has 1 aliphatic carbocycles. The lowest BCUT2D eigenvalue weighted by molar-refractivity contribution is -0.138. The SMILES string of the molecule is O=C(O)[C@H]1C[C@@H]1c1ccc(OC(F)F)cc1.